The van der Waals surface area contributed by atoms with E-state index in [0.717, 1.165) is 0 Å². The Labute approximate surface area is 81.2 Å². The van der Waals surface area contributed by atoms with Crippen LogP contribution in [0.1, 0.15) is 20.3 Å². The van der Waals surface area contributed by atoms with Gasteiger partial charge in [0.2, 0.25) is 0 Å². The van der Waals surface area contributed by atoms with E-state index in [2.05, 4.69) is 6.07 Å². The zero-order valence-electron chi connectivity index (χ0n) is 7.24. The van der Waals surface area contributed by atoms with Crippen molar-refractivity contribution >= 4 is 28.9 Å². The first-order chi connectivity index (χ1) is 5.74. The predicted octanol–water partition coefficient (Wildman–Crippen LogP) is 3.21. The monoisotopic (exact) mass is 200 g/mol. The van der Waals surface area contributed by atoms with Crippen molar-refractivity contribution in [2.75, 3.05) is 0 Å². The van der Waals surface area contributed by atoms with E-state index in [1.807, 2.05) is 25.3 Å². The third kappa shape index (κ3) is 2.64. The van der Waals surface area contributed by atoms with Crippen molar-refractivity contribution in [3.8, 4) is 0 Å². The van der Waals surface area contributed by atoms with Crippen molar-refractivity contribution in [3.05, 3.63) is 17.5 Å². The molecule has 0 spiro atoms. The third-order valence-electron chi connectivity index (χ3n) is 1.59. The molecule has 1 heterocycles. The van der Waals surface area contributed by atoms with Crippen LogP contribution in [0.3, 0.4) is 0 Å². The largest absolute Gasteiger partial charge is 0.298 e. The summed E-state index contributed by atoms with van der Waals surface area (Å²) >= 11 is 3.34. The predicted molar refractivity (Wildman–Crippen MR) is 54.9 cm³/mol. The van der Waals surface area contributed by atoms with E-state index in [9.17, 15) is 4.79 Å². The average molecular weight is 200 g/mol. The van der Waals surface area contributed by atoms with Crippen LogP contribution in [0.4, 0.5) is 0 Å². The summed E-state index contributed by atoms with van der Waals surface area (Å²) in [5, 5.41) is 2.14. The fourth-order valence-electron chi connectivity index (χ4n) is 0.858. The second kappa shape index (κ2) is 4.67. The molecule has 0 amide bonds. The summed E-state index contributed by atoms with van der Waals surface area (Å²) in [5.74, 6) is 0.327. The zero-order valence-corrected chi connectivity index (χ0v) is 8.87. The highest BCUT2D eigenvalue weighted by atomic mass is 32.2. The van der Waals surface area contributed by atoms with Gasteiger partial charge in [0.25, 0.3) is 0 Å². The number of carbonyl (C=O) groups excluding carboxylic acids is 1. The Morgan fingerprint density at radius 3 is 3.00 bits per heavy atom. The van der Waals surface area contributed by atoms with Crippen LogP contribution < -0.4 is 0 Å². The van der Waals surface area contributed by atoms with Gasteiger partial charge < -0.3 is 0 Å². The topological polar surface area (TPSA) is 17.1 Å². The number of hydrogen-bond acceptors (Lipinski definition) is 3. The molecule has 1 aromatic heterocycles. The summed E-state index contributed by atoms with van der Waals surface area (Å²) in [6.07, 6.45) is 0.638. The molecule has 66 valence electrons. The summed E-state index contributed by atoms with van der Waals surface area (Å²) in [6, 6.07) is 4.06. The smallest absolute Gasteiger partial charge is 0.145 e. The summed E-state index contributed by atoms with van der Waals surface area (Å²) < 4.78 is 1.23. The minimum absolute atomic E-state index is 0.105. The Morgan fingerprint density at radius 2 is 2.50 bits per heavy atom. The zero-order chi connectivity index (χ0) is 8.97. The Balaban J connectivity index is 2.47. The Kier molecular flexibility index (Phi) is 3.82. The molecule has 0 aliphatic heterocycles. The van der Waals surface area contributed by atoms with Gasteiger partial charge in [-0.3, -0.25) is 4.79 Å². The van der Waals surface area contributed by atoms with Crippen molar-refractivity contribution < 1.29 is 4.79 Å². The second-order valence-corrected chi connectivity index (χ2v) is 5.10. The minimum atomic E-state index is 0.105. The molecule has 1 rings (SSSR count). The number of thioether (sulfide) groups is 1. The molecule has 0 aliphatic rings. The number of hydrogen-bond donors (Lipinski definition) is 0. The fraction of sp³-hybridized carbons (Fsp3) is 0.444. The van der Waals surface area contributed by atoms with Crippen LogP contribution in [0.15, 0.2) is 21.7 Å². The maximum absolute atomic E-state index is 11.2. The van der Waals surface area contributed by atoms with Gasteiger partial charge in [-0.15, -0.1) is 23.1 Å². The lowest BCUT2D eigenvalue weighted by Crippen LogP contribution is -2.10. The van der Waals surface area contributed by atoms with Crippen molar-refractivity contribution in [3.63, 3.8) is 0 Å². The number of Topliss-reactive ketones (excluding diaryl/α,β-unsaturated/α-hetero) is 1. The molecule has 0 N–H and O–H groups in total. The molecule has 1 nitrogen and oxygen atoms in total. The molecular weight excluding hydrogens is 188 g/mol. The molecule has 0 aliphatic carbocycles. The Morgan fingerprint density at radius 1 is 1.75 bits per heavy atom. The van der Waals surface area contributed by atoms with E-state index in [1.54, 1.807) is 23.1 Å². The average Bonchev–Trinajstić information content (AvgIpc) is 2.55. The van der Waals surface area contributed by atoms with E-state index < -0.39 is 0 Å². The third-order valence-corrected chi connectivity index (χ3v) is 3.81. The minimum Gasteiger partial charge on any atom is -0.298 e. The van der Waals surface area contributed by atoms with Crippen LogP contribution in [0, 0.1) is 0 Å². The first kappa shape index (κ1) is 9.81. The van der Waals surface area contributed by atoms with Crippen molar-refractivity contribution in [1.29, 1.82) is 0 Å². The molecule has 0 fully saturated rings. The molecule has 3 heteroatoms. The van der Waals surface area contributed by atoms with Gasteiger partial charge in [0.1, 0.15) is 5.78 Å². The summed E-state index contributed by atoms with van der Waals surface area (Å²) in [5.41, 5.74) is 0. The molecule has 0 saturated carbocycles. The van der Waals surface area contributed by atoms with Crippen LogP contribution in [-0.2, 0) is 4.79 Å². The van der Waals surface area contributed by atoms with E-state index in [1.165, 1.54) is 4.21 Å². The molecule has 1 unspecified atom stereocenters. The highest BCUT2D eigenvalue weighted by Gasteiger charge is 2.11. The van der Waals surface area contributed by atoms with E-state index in [-0.39, 0.29) is 5.25 Å². The van der Waals surface area contributed by atoms with Crippen LogP contribution >= 0.6 is 23.1 Å². The first-order valence-corrected chi connectivity index (χ1v) is 5.73. The maximum Gasteiger partial charge on any atom is 0.145 e. The SMILES string of the molecule is CCC(=O)C(C)Sc1cccs1. The highest BCUT2D eigenvalue weighted by molar-refractivity contribution is 8.02. The molecule has 1 aromatic rings. The van der Waals surface area contributed by atoms with Gasteiger partial charge in [-0.2, -0.15) is 0 Å². The molecule has 0 saturated heterocycles. The Hall–Kier alpha value is -0.280. The van der Waals surface area contributed by atoms with Gasteiger partial charge in [-0.1, -0.05) is 13.0 Å². The lowest BCUT2D eigenvalue weighted by Gasteiger charge is -2.05. The van der Waals surface area contributed by atoms with Crippen LogP contribution in [0.25, 0.3) is 0 Å². The number of thiophene rings is 1. The number of rotatable bonds is 4. The molecule has 12 heavy (non-hydrogen) atoms. The van der Waals surface area contributed by atoms with Gasteiger partial charge in [0, 0.05) is 6.42 Å². The summed E-state index contributed by atoms with van der Waals surface area (Å²) in [4.78, 5) is 11.2. The van der Waals surface area contributed by atoms with Crippen molar-refractivity contribution in [1.82, 2.24) is 0 Å². The Bertz CT molecular complexity index is 241. The highest BCUT2D eigenvalue weighted by Crippen LogP contribution is 2.28. The fourth-order valence-corrected chi connectivity index (χ4v) is 2.93. The molecule has 1 atom stereocenters. The molecule has 0 radical (unpaired) electrons. The lowest BCUT2D eigenvalue weighted by atomic mass is 10.2. The quantitative estimate of drug-likeness (QED) is 0.694. The van der Waals surface area contributed by atoms with E-state index >= 15 is 0 Å². The first-order valence-electron chi connectivity index (χ1n) is 3.97. The maximum atomic E-state index is 11.2. The van der Waals surface area contributed by atoms with Crippen LogP contribution in [0.2, 0.25) is 0 Å². The van der Waals surface area contributed by atoms with Crippen molar-refractivity contribution in [2.24, 2.45) is 0 Å². The van der Waals surface area contributed by atoms with Crippen molar-refractivity contribution in [2.45, 2.75) is 29.7 Å². The van der Waals surface area contributed by atoms with Gasteiger partial charge in [0.05, 0.1) is 9.46 Å². The standard InChI is InChI=1S/C9H12OS2/c1-3-8(10)7(2)12-9-5-4-6-11-9/h4-7H,3H2,1-2H3. The van der Waals surface area contributed by atoms with Gasteiger partial charge in [-0.05, 0) is 18.4 Å². The van der Waals surface area contributed by atoms with Gasteiger partial charge in [-0.25, -0.2) is 0 Å². The second-order valence-electron chi connectivity index (χ2n) is 2.51. The summed E-state index contributed by atoms with van der Waals surface area (Å²) in [7, 11) is 0. The molecule has 0 aromatic carbocycles. The van der Waals surface area contributed by atoms with Crippen LogP contribution in [0.5, 0.6) is 0 Å². The number of carbonyl (C=O) groups is 1. The van der Waals surface area contributed by atoms with Gasteiger partial charge in [0.15, 0.2) is 0 Å². The summed E-state index contributed by atoms with van der Waals surface area (Å²) in [6.45, 7) is 3.88. The lowest BCUT2D eigenvalue weighted by molar-refractivity contribution is -0.117. The molecular formula is C9H12OS2. The molecule has 0 bridgehead atoms. The number of ketones is 1. The van der Waals surface area contributed by atoms with Gasteiger partial charge >= 0.3 is 0 Å². The van der Waals surface area contributed by atoms with E-state index in [4.69, 9.17) is 0 Å². The van der Waals surface area contributed by atoms with Crippen LogP contribution in [-0.4, -0.2) is 11.0 Å². The normalized spacial score (nSPS) is 12.8. The van der Waals surface area contributed by atoms with E-state index in [0.29, 0.717) is 12.2 Å².